The number of benzene rings is 1. The Labute approximate surface area is 120 Å². The molecule has 0 saturated heterocycles. The maximum absolute atomic E-state index is 11.5. The van der Waals surface area contributed by atoms with Crippen molar-refractivity contribution in [3.8, 4) is 0 Å². The fourth-order valence-corrected chi connectivity index (χ4v) is 1.58. The minimum Gasteiger partial charge on any atom is -0.481 e. The van der Waals surface area contributed by atoms with E-state index in [4.69, 9.17) is 15.9 Å². The molecule has 0 radical (unpaired) electrons. The second-order valence-corrected chi connectivity index (χ2v) is 4.42. The van der Waals surface area contributed by atoms with E-state index in [2.05, 4.69) is 10.9 Å². The van der Waals surface area contributed by atoms with Crippen LogP contribution in [0.1, 0.15) is 12.0 Å². The summed E-state index contributed by atoms with van der Waals surface area (Å²) in [5, 5.41) is 17.6. The van der Waals surface area contributed by atoms with E-state index in [-0.39, 0.29) is 6.42 Å². The van der Waals surface area contributed by atoms with E-state index in [1.165, 1.54) is 0 Å². The van der Waals surface area contributed by atoms with Gasteiger partial charge in [0, 0.05) is 6.42 Å². The molecule has 0 aliphatic rings. The van der Waals surface area contributed by atoms with Crippen LogP contribution >= 0.6 is 0 Å². The summed E-state index contributed by atoms with van der Waals surface area (Å²) in [7, 11) is 0. The molecule has 0 unspecified atom stereocenters. The summed E-state index contributed by atoms with van der Waals surface area (Å²) in [5.74, 6) is -3.14. The van der Waals surface area contributed by atoms with Gasteiger partial charge in [-0.1, -0.05) is 30.3 Å². The van der Waals surface area contributed by atoms with Gasteiger partial charge in [-0.3, -0.25) is 19.8 Å². The lowest BCUT2D eigenvalue weighted by molar-refractivity contribution is -0.141. The number of amides is 1. The van der Waals surface area contributed by atoms with Crippen LogP contribution in [-0.2, 0) is 20.8 Å². The molecule has 8 nitrogen and oxygen atoms in total. The molecule has 0 spiro atoms. The molecule has 1 amide bonds. The van der Waals surface area contributed by atoms with Crippen LogP contribution in [0, 0.1) is 0 Å². The van der Waals surface area contributed by atoms with Crippen LogP contribution in [0.25, 0.3) is 0 Å². The lowest BCUT2D eigenvalue weighted by atomic mass is 10.1. The molecule has 114 valence electrons. The van der Waals surface area contributed by atoms with E-state index in [1.807, 2.05) is 0 Å². The lowest BCUT2D eigenvalue weighted by Gasteiger charge is -2.17. The number of aliphatic carboxylic acids is 2. The van der Waals surface area contributed by atoms with Crippen molar-refractivity contribution in [3.63, 3.8) is 0 Å². The first-order valence-corrected chi connectivity index (χ1v) is 6.19. The van der Waals surface area contributed by atoms with E-state index >= 15 is 0 Å². The Morgan fingerprint density at radius 1 is 1.14 bits per heavy atom. The third kappa shape index (κ3) is 6.02. The van der Waals surface area contributed by atoms with Gasteiger partial charge in [0.05, 0.1) is 12.5 Å². The topological polar surface area (TPSA) is 142 Å². The number of carbonyl (C=O) groups excluding carboxylic acids is 1. The van der Waals surface area contributed by atoms with Gasteiger partial charge in [-0.05, 0) is 5.56 Å². The van der Waals surface area contributed by atoms with Crippen LogP contribution in [0.4, 0.5) is 0 Å². The Bertz CT molecular complexity index is 506. The molecule has 2 atom stereocenters. The van der Waals surface area contributed by atoms with E-state index < -0.39 is 36.4 Å². The Balaban J connectivity index is 2.54. The molecule has 1 rings (SSSR count). The molecule has 0 aliphatic heterocycles. The molecule has 6 N–H and O–H groups in total. The quantitative estimate of drug-likeness (QED) is 0.391. The van der Waals surface area contributed by atoms with Crippen molar-refractivity contribution in [1.82, 2.24) is 10.9 Å². The molecule has 0 aliphatic carbocycles. The average Bonchev–Trinajstić information content (AvgIpc) is 2.43. The number of nitrogens with one attached hydrogen (secondary N) is 2. The van der Waals surface area contributed by atoms with Crippen LogP contribution in [0.15, 0.2) is 30.3 Å². The molecule has 1 aromatic carbocycles. The van der Waals surface area contributed by atoms with Gasteiger partial charge in [0.2, 0.25) is 0 Å². The van der Waals surface area contributed by atoms with Crippen molar-refractivity contribution in [2.75, 3.05) is 0 Å². The second kappa shape index (κ2) is 7.98. The largest absolute Gasteiger partial charge is 0.481 e. The Morgan fingerprint density at radius 3 is 2.29 bits per heavy atom. The van der Waals surface area contributed by atoms with E-state index in [9.17, 15) is 14.4 Å². The Morgan fingerprint density at radius 2 is 1.76 bits per heavy atom. The smallest absolute Gasteiger partial charge is 0.322 e. The predicted octanol–water partition coefficient (Wildman–Crippen LogP) is -0.895. The van der Waals surface area contributed by atoms with Crippen molar-refractivity contribution < 1.29 is 24.6 Å². The van der Waals surface area contributed by atoms with Crippen molar-refractivity contribution >= 4 is 17.8 Å². The highest BCUT2D eigenvalue weighted by Crippen LogP contribution is 2.03. The molecule has 8 heteroatoms. The average molecular weight is 295 g/mol. The zero-order valence-electron chi connectivity index (χ0n) is 11.2. The number of hydrogen-bond acceptors (Lipinski definition) is 5. The first-order valence-electron chi connectivity index (χ1n) is 6.19. The van der Waals surface area contributed by atoms with Crippen LogP contribution in [0.5, 0.6) is 0 Å². The summed E-state index contributed by atoms with van der Waals surface area (Å²) >= 11 is 0. The molecule has 0 fully saturated rings. The maximum atomic E-state index is 11.5. The van der Waals surface area contributed by atoms with Gasteiger partial charge >= 0.3 is 11.9 Å². The number of carboxylic acids is 2. The first kappa shape index (κ1) is 16.6. The minimum atomic E-state index is -1.25. The molecule has 1 aromatic rings. The summed E-state index contributed by atoms with van der Waals surface area (Å²) in [6.45, 7) is 0. The maximum Gasteiger partial charge on any atom is 0.322 e. The second-order valence-electron chi connectivity index (χ2n) is 4.42. The predicted molar refractivity (Wildman–Crippen MR) is 73.1 cm³/mol. The van der Waals surface area contributed by atoms with Crippen LogP contribution < -0.4 is 16.6 Å². The van der Waals surface area contributed by atoms with E-state index in [0.29, 0.717) is 0 Å². The summed E-state index contributed by atoms with van der Waals surface area (Å²) in [4.78, 5) is 33.1. The minimum absolute atomic E-state index is 0.157. The van der Waals surface area contributed by atoms with Crippen molar-refractivity contribution in [3.05, 3.63) is 35.9 Å². The van der Waals surface area contributed by atoms with Crippen molar-refractivity contribution in [1.29, 1.82) is 0 Å². The van der Waals surface area contributed by atoms with Gasteiger partial charge < -0.3 is 15.9 Å². The van der Waals surface area contributed by atoms with Gasteiger partial charge in [0.1, 0.15) is 6.04 Å². The fraction of sp³-hybridized carbons (Fsp3) is 0.308. The summed E-state index contributed by atoms with van der Waals surface area (Å²) in [6.07, 6.45) is -0.380. The zero-order valence-corrected chi connectivity index (χ0v) is 11.2. The molecule has 0 heterocycles. The molecule has 0 saturated carbocycles. The molecule has 0 aromatic heterocycles. The zero-order chi connectivity index (χ0) is 15.8. The summed E-state index contributed by atoms with van der Waals surface area (Å²) in [6, 6.07) is 6.57. The number of hydrazine groups is 1. The van der Waals surface area contributed by atoms with Crippen LogP contribution in [0.3, 0.4) is 0 Å². The lowest BCUT2D eigenvalue weighted by Crippen LogP contribution is -2.54. The van der Waals surface area contributed by atoms with E-state index in [0.717, 1.165) is 5.56 Å². The SMILES string of the molecule is N[C@@H](CC(=O)O)C(=O)NN[C@@H](Cc1ccccc1)C(=O)O. The molecule has 0 bridgehead atoms. The number of rotatable bonds is 8. The van der Waals surface area contributed by atoms with Gasteiger partial charge in [-0.15, -0.1) is 0 Å². The monoisotopic (exact) mass is 295 g/mol. The van der Waals surface area contributed by atoms with Crippen molar-refractivity contribution in [2.45, 2.75) is 24.9 Å². The van der Waals surface area contributed by atoms with Gasteiger partial charge in [0.15, 0.2) is 0 Å². The third-order valence-corrected chi connectivity index (χ3v) is 2.68. The van der Waals surface area contributed by atoms with Gasteiger partial charge in [-0.25, -0.2) is 5.43 Å². The number of carboxylic acid groups (broad SMARTS) is 2. The van der Waals surface area contributed by atoms with Crippen molar-refractivity contribution in [2.24, 2.45) is 5.73 Å². The Kier molecular flexibility index (Phi) is 6.31. The fourth-order valence-electron chi connectivity index (χ4n) is 1.58. The normalized spacial score (nSPS) is 13.2. The number of hydrogen-bond donors (Lipinski definition) is 5. The Hall–Kier alpha value is -2.45. The highest BCUT2D eigenvalue weighted by atomic mass is 16.4. The van der Waals surface area contributed by atoms with Gasteiger partial charge in [-0.2, -0.15) is 0 Å². The third-order valence-electron chi connectivity index (χ3n) is 2.68. The highest BCUT2D eigenvalue weighted by Gasteiger charge is 2.21. The summed E-state index contributed by atoms with van der Waals surface area (Å²) < 4.78 is 0. The first-order chi connectivity index (χ1) is 9.90. The van der Waals surface area contributed by atoms with Crippen LogP contribution in [-0.4, -0.2) is 40.1 Å². The highest BCUT2D eigenvalue weighted by molar-refractivity contribution is 5.86. The standard InChI is InChI=1S/C13H17N3O5/c14-9(7-11(17)18)12(19)16-15-10(13(20)21)6-8-4-2-1-3-5-8/h1-5,9-10,15H,6-7,14H2,(H,16,19)(H,17,18)(H,20,21)/t9-,10-/m0/s1. The van der Waals surface area contributed by atoms with Crippen LogP contribution in [0.2, 0.25) is 0 Å². The van der Waals surface area contributed by atoms with E-state index in [1.54, 1.807) is 30.3 Å². The number of carbonyl (C=O) groups is 3. The molecule has 21 heavy (non-hydrogen) atoms. The molecular formula is C13H17N3O5. The molecular weight excluding hydrogens is 278 g/mol. The number of nitrogens with two attached hydrogens (primary N) is 1. The van der Waals surface area contributed by atoms with Gasteiger partial charge in [0.25, 0.3) is 5.91 Å². The summed E-state index contributed by atoms with van der Waals surface area (Å²) in [5.41, 5.74) is 10.6.